The summed E-state index contributed by atoms with van der Waals surface area (Å²) in [6.07, 6.45) is -1.01. The van der Waals surface area contributed by atoms with Crippen LogP contribution in [-0.4, -0.2) is 88.3 Å². The van der Waals surface area contributed by atoms with Crippen molar-refractivity contribution < 1.29 is 57.6 Å². The molecule has 0 aromatic heterocycles. The third-order valence-corrected chi connectivity index (χ3v) is 10.3. The maximum Gasteiger partial charge on any atom is 0.409 e. The van der Waals surface area contributed by atoms with Crippen LogP contribution in [0.25, 0.3) is 0 Å². The predicted molar refractivity (Wildman–Crippen MR) is 191 cm³/mol. The zero-order chi connectivity index (χ0) is 40.1. The van der Waals surface area contributed by atoms with Crippen LogP contribution in [0.15, 0.2) is 22.8 Å². The number of ether oxygens (including phenoxy) is 5. The molecular formula is C38H59N3O12. The molecule has 0 bridgehead atoms. The highest BCUT2D eigenvalue weighted by Crippen LogP contribution is 2.56. The topological polar surface area (TPSA) is 219 Å². The van der Waals surface area contributed by atoms with Gasteiger partial charge in [-0.3, -0.25) is 24.5 Å². The Hall–Kier alpha value is -3.98. The van der Waals surface area contributed by atoms with Crippen molar-refractivity contribution in [3.8, 4) is 0 Å². The minimum Gasteiger partial charge on any atom is -0.459 e. The second-order valence-corrected chi connectivity index (χ2v) is 15.4. The summed E-state index contributed by atoms with van der Waals surface area (Å²) >= 11 is 0. The number of unbranched alkanes of at least 4 members (excludes halogenated alkanes) is 4. The van der Waals surface area contributed by atoms with Gasteiger partial charge >= 0.3 is 30.0 Å². The molecule has 0 unspecified atom stereocenters. The first-order valence-corrected chi connectivity index (χ1v) is 18.5. The molecular weight excluding hydrogens is 690 g/mol. The van der Waals surface area contributed by atoms with Gasteiger partial charge in [-0.25, -0.2) is 9.59 Å². The first-order chi connectivity index (χ1) is 24.6. The van der Waals surface area contributed by atoms with Crippen LogP contribution in [-0.2, 0) is 47.7 Å². The maximum absolute atomic E-state index is 13.5. The van der Waals surface area contributed by atoms with Crippen molar-refractivity contribution in [3.63, 3.8) is 0 Å². The first kappa shape index (κ1) is 43.4. The number of rotatable bonds is 15. The fourth-order valence-corrected chi connectivity index (χ4v) is 7.60. The molecule has 15 nitrogen and oxygen atoms in total. The van der Waals surface area contributed by atoms with Crippen molar-refractivity contribution in [3.05, 3.63) is 22.8 Å². The predicted octanol–water partition coefficient (Wildman–Crippen LogP) is 3.79. The minimum absolute atomic E-state index is 0.00697. The van der Waals surface area contributed by atoms with Crippen LogP contribution in [0, 0.1) is 11.8 Å². The first-order valence-electron chi connectivity index (χ1n) is 18.5. The van der Waals surface area contributed by atoms with Crippen molar-refractivity contribution in [1.82, 2.24) is 10.6 Å². The highest BCUT2D eigenvalue weighted by Gasteiger charge is 2.71. The molecule has 0 radical (unpaired) electrons. The van der Waals surface area contributed by atoms with Gasteiger partial charge in [-0.15, -0.1) is 0 Å². The van der Waals surface area contributed by atoms with Gasteiger partial charge in [0.05, 0.1) is 11.8 Å². The van der Waals surface area contributed by atoms with E-state index in [4.69, 9.17) is 29.4 Å². The summed E-state index contributed by atoms with van der Waals surface area (Å²) in [7, 11) is 0. The van der Waals surface area contributed by atoms with Crippen LogP contribution >= 0.6 is 0 Å². The summed E-state index contributed by atoms with van der Waals surface area (Å²) in [6, 6.07) is -0.434. The lowest BCUT2D eigenvalue weighted by molar-refractivity contribution is -0.185. The Bertz CT molecular complexity index is 1490. The Morgan fingerprint density at radius 1 is 1.08 bits per heavy atom. The quantitative estimate of drug-likeness (QED) is 0.0469. The van der Waals surface area contributed by atoms with Gasteiger partial charge in [-0.2, -0.15) is 0 Å². The number of hydrogen-bond acceptors (Lipinski definition) is 13. The number of fused-ring (bicyclic) bond motifs is 3. The van der Waals surface area contributed by atoms with E-state index in [2.05, 4.69) is 17.6 Å². The number of hydrogen-bond donors (Lipinski definition) is 4. The van der Waals surface area contributed by atoms with E-state index in [0.29, 0.717) is 12.0 Å². The standard InChI is InChI=1S/C38H59N3O12/c1-11-13-14-15-16-17-27(44)50-31-29-28(22(5)30(31)51-33(45)20(3)12-2)32-38(48,23(6)34(46)52-32)25(19-37(29,10)53-24(7)42)49-35(47)41-36(8,9)40-26(43)18-21(4)39/h12,21,23,25,29-32,48H,11,13-19,39H2,1-10H3,(H,40,43)(H,41,47)/b20-12-/t21-,23+,25+,29-,30+,31+,32+,37+,38-/m1/s1. The van der Waals surface area contributed by atoms with Crippen LogP contribution in [0.2, 0.25) is 0 Å². The lowest BCUT2D eigenvalue weighted by atomic mass is 9.78. The molecule has 2 aliphatic carbocycles. The van der Waals surface area contributed by atoms with E-state index in [1.165, 1.54) is 27.7 Å². The third-order valence-electron chi connectivity index (χ3n) is 10.3. The fourth-order valence-electron chi connectivity index (χ4n) is 7.60. The number of alkyl carbamates (subject to hydrolysis) is 1. The highest BCUT2D eigenvalue weighted by molar-refractivity contribution is 5.88. The third kappa shape index (κ3) is 9.97. The van der Waals surface area contributed by atoms with Crippen molar-refractivity contribution in [1.29, 1.82) is 0 Å². The number of nitrogens with two attached hydrogens (primary N) is 1. The van der Waals surface area contributed by atoms with E-state index in [9.17, 15) is 33.9 Å². The monoisotopic (exact) mass is 749 g/mol. The van der Waals surface area contributed by atoms with Crippen LogP contribution in [0.3, 0.4) is 0 Å². The molecule has 0 aromatic rings. The Kier molecular flexibility index (Phi) is 14.3. The Morgan fingerprint density at radius 3 is 2.30 bits per heavy atom. The SMILES string of the molecule is C/C=C(/C)C(=O)O[C@H]1C(C)=C2[C@H]([C@@H]1OC(=O)CCCCCCC)[C@@](C)(OC(C)=O)C[C@H](OC(=O)NC(C)(C)NC(=O)C[C@@H](C)N)[C@]1(O)[C@@H](C)C(=O)O[C@@H]21. The molecule has 298 valence electrons. The lowest BCUT2D eigenvalue weighted by Gasteiger charge is -2.41. The molecule has 1 heterocycles. The van der Waals surface area contributed by atoms with E-state index in [-0.39, 0.29) is 24.0 Å². The molecule has 1 saturated carbocycles. The van der Waals surface area contributed by atoms with E-state index in [1.807, 2.05) is 0 Å². The van der Waals surface area contributed by atoms with E-state index in [1.54, 1.807) is 40.7 Å². The fraction of sp³-hybridized carbons (Fsp3) is 0.737. The lowest BCUT2D eigenvalue weighted by Crippen LogP contribution is -2.60. The van der Waals surface area contributed by atoms with Gasteiger partial charge in [-0.1, -0.05) is 38.7 Å². The molecule has 9 atom stereocenters. The zero-order valence-electron chi connectivity index (χ0n) is 32.8. The molecule has 1 aliphatic heterocycles. The summed E-state index contributed by atoms with van der Waals surface area (Å²) in [5.41, 5.74) is 1.30. The summed E-state index contributed by atoms with van der Waals surface area (Å²) in [5.74, 6) is -5.62. The van der Waals surface area contributed by atoms with Gasteiger partial charge < -0.3 is 39.8 Å². The average molecular weight is 750 g/mol. The van der Waals surface area contributed by atoms with Crippen molar-refractivity contribution in [2.45, 2.75) is 168 Å². The molecule has 2 amide bonds. The second-order valence-electron chi connectivity index (χ2n) is 15.4. The van der Waals surface area contributed by atoms with Crippen molar-refractivity contribution >= 4 is 35.9 Å². The zero-order valence-corrected chi connectivity index (χ0v) is 32.8. The molecule has 0 spiro atoms. The van der Waals surface area contributed by atoms with Gasteiger partial charge in [0.2, 0.25) is 5.91 Å². The number of carbonyl (C=O) groups excluding carboxylic acids is 6. The van der Waals surface area contributed by atoms with Gasteiger partial charge in [0.15, 0.2) is 23.9 Å². The van der Waals surface area contributed by atoms with E-state index < -0.39 is 101 Å². The summed E-state index contributed by atoms with van der Waals surface area (Å²) in [6.45, 7) is 15.8. The second kappa shape index (κ2) is 17.4. The molecule has 2 fully saturated rings. The summed E-state index contributed by atoms with van der Waals surface area (Å²) in [4.78, 5) is 78.8. The van der Waals surface area contributed by atoms with Gasteiger partial charge in [-0.05, 0) is 73.0 Å². The molecule has 5 N–H and O–H groups in total. The van der Waals surface area contributed by atoms with Crippen LogP contribution < -0.4 is 16.4 Å². The van der Waals surface area contributed by atoms with Crippen molar-refractivity contribution in [2.24, 2.45) is 17.6 Å². The van der Waals surface area contributed by atoms with Crippen LogP contribution in [0.4, 0.5) is 4.79 Å². The number of aliphatic hydroxyl groups is 1. The van der Waals surface area contributed by atoms with E-state index in [0.717, 1.165) is 25.7 Å². The van der Waals surface area contributed by atoms with Gasteiger partial charge in [0.1, 0.15) is 17.4 Å². The van der Waals surface area contributed by atoms with Gasteiger partial charge in [0.25, 0.3) is 0 Å². The molecule has 53 heavy (non-hydrogen) atoms. The van der Waals surface area contributed by atoms with Crippen molar-refractivity contribution in [2.75, 3.05) is 0 Å². The number of esters is 4. The number of carbonyl (C=O) groups is 6. The molecule has 15 heteroatoms. The van der Waals surface area contributed by atoms with Gasteiger partial charge in [0, 0.05) is 37.8 Å². The van der Waals surface area contributed by atoms with Crippen LogP contribution in [0.5, 0.6) is 0 Å². The normalized spacial score (nSPS) is 30.3. The minimum atomic E-state index is -2.24. The average Bonchev–Trinajstić information content (AvgIpc) is 3.40. The Labute approximate surface area is 312 Å². The molecule has 0 aromatic carbocycles. The van der Waals surface area contributed by atoms with Crippen LogP contribution in [0.1, 0.15) is 121 Å². The summed E-state index contributed by atoms with van der Waals surface area (Å²) < 4.78 is 29.9. The summed E-state index contributed by atoms with van der Waals surface area (Å²) in [5, 5.41) is 17.9. The molecule has 1 saturated heterocycles. The van der Waals surface area contributed by atoms with E-state index >= 15 is 0 Å². The molecule has 3 aliphatic rings. The number of amides is 2. The number of nitrogens with one attached hydrogen (secondary N) is 2. The highest BCUT2D eigenvalue weighted by atomic mass is 16.6. The molecule has 3 rings (SSSR count). The smallest absolute Gasteiger partial charge is 0.409 e. The largest absolute Gasteiger partial charge is 0.459 e. The number of allylic oxidation sites excluding steroid dienone is 1. The maximum atomic E-state index is 13.5. The Balaban J connectivity index is 2.14. The Morgan fingerprint density at radius 2 is 1.72 bits per heavy atom.